The molecule has 4 aromatic rings. The molecule has 0 bridgehead atoms. The second-order valence-corrected chi connectivity index (χ2v) is 7.76. The number of aliphatic hydroxyl groups is 1. The number of aromatic nitrogens is 3. The number of hydrogen-bond donors (Lipinski definition) is 1. The molecule has 2 aromatic heterocycles. The summed E-state index contributed by atoms with van der Waals surface area (Å²) in [4.78, 5) is 0.870. The van der Waals surface area contributed by atoms with Crippen LogP contribution in [0.3, 0.4) is 0 Å². The van der Waals surface area contributed by atoms with Crippen molar-refractivity contribution in [2.45, 2.75) is 18.2 Å². The maximum Gasteiger partial charge on any atom is 0.217 e. The van der Waals surface area contributed by atoms with E-state index in [1.54, 1.807) is 11.3 Å². The van der Waals surface area contributed by atoms with Gasteiger partial charge in [-0.2, -0.15) is 0 Å². The van der Waals surface area contributed by atoms with Gasteiger partial charge >= 0.3 is 0 Å². The summed E-state index contributed by atoms with van der Waals surface area (Å²) < 4.78 is 8.85. The summed E-state index contributed by atoms with van der Waals surface area (Å²) in [5.74, 6) is 1.26. The highest BCUT2D eigenvalue weighted by Gasteiger charge is 2.14. The number of fused-ring (bicyclic) bond motifs is 3. The van der Waals surface area contributed by atoms with Gasteiger partial charge < -0.3 is 9.84 Å². The maximum absolute atomic E-state index is 10.2. The van der Waals surface area contributed by atoms with Gasteiger partial charge in [-0.3, -0.25) is 4.40 Å². The van der Waals surface area contributed by atoms with Crippen molar-refractivity contribution in [2.24, 2.45) is 0 Å². The van der Waals surface area contributed by atoms with Crippen LogP contribution in [-0.2, 0) is 0 Å². The van der Waals surface area contributed by atoms with Crippen LogP contribution in [0, 0.1) is 6.92 Å². The van der Waals surface area contributed by atoms with Gasteiger partial charge in [-0.05, 0) is 31.2 Å². The molecule has 4 rings (SSSR count). The molecular weight excluding hydrogens is 354 g/mol. The number of aliphatic hydroxyl groups excluding tert-OH is 1. The van der Waals surface area contributed by atoms with E-state index in [0.29, 0.717) is 5.75 Å². The highest BCUT2D eigenvalue weighted by molar-refractivity contribution is 7.99. The van der Waals surface area contributed by atoms with Gasteiger partial charge in [0.2, 0.25) is 4.96 Å². The molecule has 0 amide bonds. The number of ether oxygens (including phenoxy) is 1. The standard InChI is InChI=1S/C18H17N3O2S2/c1-12-6-8-14(9-7-12)23-10-13(22)11-24-17-19-20-18-21(17)15-4-2-3-5-16(15)25-18/h2-9,13,22H,10-11H2,1H3. The molecule has 0 fully saturated rings. The number of nitrogens with zero attached hydrogens (tertiary/aromatic N) is 3. The van der Waals surface area contributed by atoms with Crippen LogP contribution in [0.2, 0.25) is 0 Å². The van der Waals surface area contributed by atoms with Crippen LogP contribution in [0.4, 0.5) is 0 Å². The average Bonchev–Trinajstić information content (AvgIpc) is 3.18. The van der Waals surface area contributed by atoms with E-state index < -0.39 is 6.10 Å². The van der Waals surface area contributed by atoms with E-state index in [4.69, 9.17) is 4.74 Å². The number of para-hydroxylation sites is 1. The number of rotatable bonds is 6. The third-order valence-corrected chi connectivity index (χ3v) is 5.87. The van der Waals surface area contributed by atoms with Crippen LogP contribution >= 0.6 is 23.1 Å². The summed E-state index contributed by atoms with van der Waals surface area (Å²) in [5, 5.41) is 19.5. The largest absolute Gasteiger partial charge is 0.491 e. The molecule has 0 aliphatic carbocycles. The van der Waals surface area contributed by atoms with Gasteiger partial charge in [-0.25, -0.2) is 0 Å². The predicted octanol–water partition coefficient (Wildman–Crippen LogP) is 3.78. The fourth-order valence-electron chi connectivity index (χ4n) is 2.49. The molecule has 5 nitrogen and oxygen atoms in total. The Morgan fingerprint density at radius 2 is 1.96 bits per heavy atom. The highest BCUT2D eigenvalue weighted by Crippen LogP contribution is 2.29. The molecule has 0 spiro atoms. The summed E-state index contributed by atoms with van der Waals surface area (Å²) in [7, 11) is 0. The highest BCUT2D eigenvalue weighted by atomic mass is 32.2. The number of benzene rings is 2. The zero-order valence-electron chi connectivity index (χ0n) is 13.6. The SMILES string of the molecule is Cc1ccc(OCC(O)CSc2nnc3sc4ccccc4n23)cc1. The summed E-state index contributed by atoms with van der Waals surface area (Å²) >= 11 is 3.10. The van der Waals surface area contributed by atoms with Crippen LogP contribution < -0.4 is 4.74 Å². The van der Waals surface area contributed by atoms with Crippen molar-refractivity contribution in [1.29, 1.82) is 0 Å². The number of thioether (sulfide) groups is 1. The van der Waals surface area contributed by atoms with Crippen molar-refractivity contribution in [3.8, 4) is 5.75 Å². The Bertz CT molecular complexity index is 995. The van der Waals surface area contributed by atoms with Crippen molar-refractivity contribution in [3.05, 3.63) is 54.1 Å². The van der Waals surface area contributed by atoms with Gasteiger partial charge in [0.15, 0.2) is 5.16 Å². The molecule has 2 aromatic carbocycles. The molecule has 128 valence electrons. The monoisotopic (exact) mass is 371 g/mol. The molecule has 1 unspecified atom stereocenters. The van der Waals surface area contributed by atoms with Crippen molar-refractivity contribution in [2.75, 3.05) is 12.4 Å². The Labute approximate surface area is 153 Å². The molecule has 0 aliphatic heterocycles. The average molecular weight is 371 g/mol. The van der Waals surface area contributed by atoms with E-state index in [-0.39, 0.29) is 6.61 Å². The minimum absolute atomic E-state index is 0.252. The van der Waals surface area contributed by atoms with Gasteiger partial charge in [-0.15, -0.1) is 10.2 Å². The van der Waals surface area contributed by atoms with Crippen LogP contribution in [0.1, 0.15) is 5.56 Å². The minimum Gasteiger partial charge on any atom is -0.491 e. The summed E-state index contributed by atoms with van der Waals surface area (Å²) in [5.41, 5.74) is 2.28. The molecule has 0 aliphatic rings. The first-order chi connectivity index (χ1) is 12.2. The Balaban J connectivity index is 1.40. The van der Waals surface area contributed by atoms with Crippen molar-refractivity contribution >= 4 is 38.3 Å². The number of aryl methyl sites for hydroxylation is 1. The lowest BCUT2D eigenvalue weighted by Crippen LogP contribution is -2.20. The number of hydrogen-bond acceptors (Lipinski definition) is 6. The van der Waals surface area contributed by atoms with Gasteiger partial charge in [0.05, 0.1) is 16.3 Å². The van der Waals surface area contributed by atoms with Crippen LogP contribution in [-0.4, -0.2) is 38.2 Å². The summed E-state index contributed by atoms with van der Waals surface area (Å²) in [6, 6.07) is 16.0. The number of thiazole rings is 1. The van der Waals surface area contributed by atoms with Crippen LogP contribution in [0.15, 0.2) is 53.7 Å². The first kappa shape index (κ1) is 16.4. The fourth-order valence-corrected chi connectivity index (χ4v) is 4.37. The van der Waals surface area contributed by atoms with Gasteiger partial charge in [-0.1, -0.05) is 52.9 Å². The first-order valence-electron chi connectivity index (χ1n) is 7.94. The molecule has 25 heavy (non-hydrogen) atoms. The lowest BCUT2D eigenvalue weighted by molar-refractivity contribution is 0.126. The quantitative estimate of drug-likeness (QED) is 0.523. The Morgan fingerprint density at radius 3 is 2.80 bits per heavy atom. The predicted molar refractivity (Wildman–Crippen MR) is 102 cm³/mol. The van der Waals surface area contributed by atoms with E-state index in [0.717, 1.165) is 21.4 Å². The van der Waals surface area contributed by atoms with E-state index in [1.165, 1.54) is 22.0 Å². The Kier molecular flexibility index (Phi) is 4.61. The Morgan fingerprint density at radius 1 is 1.16 bits per heavy atom. The fraction of sp³-hybridized carbons (Fsp3) is 0.222. The van der Waals surface area contributed by atoms with Crippen molar-refractivity contribution < 1.29 is 9.84 Å². The lowest BCUT2D eigenvalue weighted by atomic mass is 10.2. The van der Waals surface area contributed by atoms with E-state index in [9.17, 15) is 5.11 Å². The van der Waals surface area contributed by atoms with Gasteiger partial charge in [0.25, 0.3) is 0 Å². The second-order valence-electron chi connectivity index (χ2n) is 5.76. The normalized spacial score (nSPS) is 12.7. The van der Waals surface area contributed by atoms with E-state index >= 15 is 0 Å². The zero-order valence-corrected chi connectivity index (χ0v) is 15.3. The molecule has 1 N–H and O–H groups in total. The zero-order chi connectivity index (χ0) is 17.2. The molecular formula is C18H17N3O2S2. The van der Waals surface area contributed by atoms with E-state index in [2.05, 4.69) is 22.3 Å². The third kappa shape index (κ3) is 3.49. The molecule has 0 saturated carbocycles. The topological polar surface area (TPSA) is 59.7 Å². The third-order valence-electron chi connectivity index (χ3n) is 3.78. The second kappa shape index (κ2) is 7.03. The maximum atomic E-state index is 10.2. The minimum atomic E-state index is -0.580. The van der Waals surface area contributed by atoms with Gasteiger partial charge in [0.1, 0.15) is 12.4 Å². The van der Waals surface area contributed by atoms with Crippen LogP contribution in [0.5, 0.6) is 5.75 Å². The smallest absolute Gasteiger partial charge is 0.217 e. The summed E-state index contributed by atoms with van der Waals surface area (Å²) in [6.45, 7) is 2.28. The van der Waals surface area contributed by atoms with Crippen molar-refractivity contribution in [1.82, 2.24) is 14.6 Å². The molecule has 0 saturated heterocycles. The van der Waals surface area contributed by atoms with E-state index in [1.807, 2.05) is 47.7 Å². The lowest BCUT2D eigenvalue weighted by Gasteiger charge is -2.11. The van der Waals surface area contributed by atoms with Gasteiger partial charge in [0, 0.05) is 5.75 Å². The summed E-state index contributed by atoms with van der Waals surface area (Å²) in [6.07, 6.45) is -0.580. The molecule has 1 atom stereocenters. The molecule has 2 heterocycles. The molecule has 7 heteroatoms. The molecule has 0 radical (unpaired) electrons. The first-order valence-corrected chi connectivity index (χ1v) is 9.74. The van der Waals surface area contributed by atoms with Crippen LogP contribution in [0.25, 0.3) is 15.2 Å². The Hall–Kier alpha value is -2.09. The van der Waals surface area contributed by atoms with Crippen molar-refractivity contribution in [3.63, 3.8) is 0 Å².